The number of hydrogen-bond donors (Lipinski definition) is 1. The third-order valence-corrected chi connectivity index (χ3v) is 4.53. The van der Waals surface area contributed by atoms with E-state index in [1.54, 1.807) is 0 Å². The van der Waals surface area contributed by atoms with Crippen LogP contribution >= 0.6 is 12.4 Å². The van der Waals surface area contributed by atoms with Crippen LogP contribution in [0.2, 0.25) is 0 Å². The predicted molar refractivity (Wildman–Crippen MR) is 93.5 cm³/mol. The third-order valence-electron chi connectivity index (χ3n) is 4.53. The van der Waals surface area contributed by atoms with E-state index in [1.807, 2.05) is 23.1 Å². The van der Waals surface area contributed by atoms with E-state index in [2.05, 4.69) is 11.0 Å². The summed E-state index contributed by atoms with van der Waals surface area (Å²) in [7, 11) is 0. The van der Waals surface area contributed by atoms with Crippen molar-refractivity contribution in [3.05, 3.63) is 29.8 Å². The number of halogens is 1. The average Bonchev–Trinajstić information content (AvgIpc) is 2.55. The van der Waals surface area contributed by atoms with Crippen LogP contribution in [0.3, 0.4) is 0 Å². The third kappa shape index (κ3) is 4.83. The van der Waals surface area contributed by atoms with Crippen LogP contribution in [-0.2, 0) is 16.1 Å². The Hall–Kier alpha value is -1.30. The van der Waals surface area contributed by atoms with Crippen molar-refractivity contribution in [1.29, 1.82) is 0 Å². The molecule has 1 amide bonds. The van der Waals surface area contributed by atoms with Crippen molar-refractivity contribution < 1.29 is 9.53 Å². The van der Waals surface area contributed by atoms with Gasteiger partial charge in [0, 0.05) is 31.9 Å². The minimum Gasteiger partial charge on any atom is -0.399 e. The zero-order valence-electron chi connectivity index (χ0n) is 13.4. The smallest absolute Gasteiger partial charge is 0.227 e. The first-order valence-electron chi connectivity index (χ1n) is 8.15. The Bertz CT molecular complexity index is 520. The summed E-state index contributed by atoms with van der Waals surface area (Å²) in [6, 6.07) is 8.02. The molecule has 0 bridgehead atoms. The van der Waals surface area contributed by atoms with Gasteiger partial charge < -0.3 is 15.4 Å². The van der Waals surface area contributed by atoms with E-state index in [9.17, 15) is 4.79 Å². The Morgan fingerprint density at radius 3 is 2.78 bits per heavy atom. The molecule has 2 saturated heterocycles. The minimum atomic E-state index is 0. The van der Waals surface area contributed by atoms with Crippen LogP contribution in [0.5, 0.6) is 0 Å². The van der Waals surface area contributed by atoms with Crippen LogP contribution < -0.4 is 5.73 Å². The van der Waals surface area contributed by atoms with Crippen molar-refractivity contribution in [2.24, 2.45) is 5.92 Å². The van der Waals surface area contributed by atoms with Crippen LogP contribution in [0.15, 0.2) is 24.3 Å². The Kier molecular flexibility index (Phi) is 6.69. The molecule has 1 aromatic rings. The number of ether oxygens (including phenoxy) is 1. The number of hydrogen-bond acceptors (Lipinski definition) is 4. The first-order chi connectivity index (χ1) is 10.7. The zero-order chi connectivity index (χ0) is 15.4. The number of amides is 1. The molecule has 2 N–H and O–H groups in total. The molecular weight excluding hydrogens is 314 g/mol. The second-order valence-electron chi connectivity index (χ2n) is 6.26. The van der Waals surface area contributed by atoms with Gasteiger partial charge in [0.15, 0.2) is 0 Å². The number of rotatable bonds is 3. The highest BCUT2D eigenvalue weighted by molar-refractivity contribution is 5.85. The number of anilines is 1. The number of nitrogen functional groups attached to an aromatic ring is 1. The van der Waals surface area contributed by atoms with Crippen LogP contribution in [0, 0.1) is 5.92 Å². The van der Waals surface area contributed by atoms with Crippen LogP contribution in [-0.4, -0.2) is 55.1 Å². The van der Waals surface area contributed by atoms with Gasteiger partial charge in [-0.3, -0.25) is 9.69 Å². The molecule has 0 spiro atoms. The number of benzene rings is 1. The molecule has 2 heterocycles. The van der Waals surface area contributed by atoms with E-state index in [0.29, 0.717) is 19.1 Å². The standard InChI is InChI=1S/C17H25N3O2.ClH/c18-16-5-1-3-14(11-16)12-19-6-2-4-15(13-19)17(21)20-7-9-22-10-8-20;/h1,3,5,11,15H,2,4,6-10,12-13,18H2;1H. The maximum atomic E-state index is 12.6. The average molecular weight is 340 g/mol. The van der Waals surface area contributed by atoms with Gasteiger partial charge in [0.25, 0.3) is 0 Å². The number of morpholine rings is 1. The molecule has 6 heteroatoms. The van der Waals surface area contributed by atoms with Gasteiger partial charge in [-0.2, -0.15) is 0 Å². The van der Waals surface area contributed by atoms with E-state index >= 15 is 0 Å². The SMILES string of the molecule is Cl.Nc1cccc(CN2CCCC(C(=O)N3CCOCC3)C2)c1. The number of nitrogens with zero attached hydrogens (tertiary/aromatic N) is 2. The van der Waals surface area contributed by atoms with Gasteiger partial charge in [-0.15, -0.1) is 12.4 Å². The normalized spacial score (nSPS) is 22.4. The quantitative estimate of drug-likeness (QED) is 0.853. The van der Waals surface area contributed by atoms with E-state index < -0.39 is 0 Å². The van der Waals surface area contributed by atoms with Crippen LogP contribution in [0.4, 0.5) is 5.69 Å². The molecule has 1 atom stereocenters. The summed E-state index contributed by atoms with van der Waals surface area (Å²) in [6.07, 6.45) is 2.09. The number of carbonyl (C=O) groups excluding carboxylic acids is 1. The monoisotopic (exact) mass is 339 g/mol. The summed E-state index contributed by atoms with van der Waals surface area (Å²) in [5.74, 6) is 0.438. The van der Waals surface area contributed by atoms with E-state index in [-0.39, 0.29) is 18.3 Å². The van der Waals surface area contributed by atoms with Crippen molar-refractivity contribution in [2.45, 2.75) is 19.4 Å². The van der Waals surface area contributed by atoms with Crippen molar-refractivity contribution in [2.75, 3.05) is 45.1 Å². The van der Waals surface area contributed by atoms with Gasteiger partial charge in [0.05, 0.1) is 19.1 Å². The zero-order valence-corrected chi connectivity index (χ0v) is 14.3. The van der Waals surface area contributed by atoms with Crippen molar-refractivity contribution >= 4 is 24.0 Å². The first kappa shape index (κ1) is 18.0. The number of nitrogens with two attached hydrogens (primary N) is 1. The molecule has 0 saturated carbocycles. The van der Waals surface area contributed by atoms with Gasteiger partial charge in [0.1, 0.15) is 0 Å². The largest absolute Gasteiger partial charge is 0.399 e. The Morgan fingerprint density at radius 2 is 2.04 bits per heavy atom. The lowest BCUT2D eigenvalue weighted by Crippen LogP contribution is -2.48. The molecule has 2 aliphatic rings. The highest BCUT2D eigenvalue weighted by atomic mass is 35.5. The van der Waals surface area contributed by atoms with E-state index in [0.717, 1.165) is 51.3 Å². The van der Waals surface area contributed by atoms with Crippen molar-refractivity contribution in [3.63, 3.8) is 0 Å². The summed E-state index contributed by atoms with van der Waals surface area (Å²) in [5.41, 5.74) is 7.87. The lowest BCUT2D eigenvalue weighted by atomic mass is 9.96. The maximum Gasteiger partial charge on any atom is 0.227 e. The van der Waals surface area contributed by atoms with Crippen molar-refractivity contribution in [1.82, 2.24) is 9.80 Å². The summed E-state index contributed by atoms with van der Waals surface area (Å²) < 4.78 is 5.33. The predicted octanol–water partition coefficient (Wildman–Crippen LogP) is 1.76. The fourth-order valence-corrected chi connectivity index (χ4v) is 3.39. The molecule has 128 valence electrons. The minimum absolute atomic E-state index is 0. The van der Waals surface area contributed by atoms with Gasteiger partial charge in [-0.05, 0) is 37.1 Å². The number of carbonyl (C=O) groups is 1. The molecule has 3 rings (SSSR count). The topological polar surface area (TPSA) is 58.8 Å². The maximum absolute atomic E-state index is 12.6. The molecule has 5 nitrogen and oxygen atoms in total. The Labute approximate surface area is 144 Å². The molecule has 2 fully saturated rings. The second-order valence-corrected chi connectivity index (χ2v) is 6.26. The van der Waals surface area contributed by atoms with Gasteiger partial charge >= 0.3 is 0 Å². The summed E-state index contributed by atoms with van der Waals surface area (Å²) in [4.78, 5) is 17.0. The number of piperidine rings is 1. The highest BCUT2D eigenvalue weighted by Gasteiger charge is 2.29. The second kappa shape index (κ2) is 8.52. The summed E-state index contributed by atoms with van der Waals surface area (Å²) >= 11 is 0. The first-order valence-corrected chi connectivity index (χ1v) is 8.15. The van der Waals surface area contributed by atoms with Gasteiger partial charge in [0.2, 0.25) is 5.91 Å². The van der Waals surface area contributed by atoms with Crippen LogP contribution in [0.1, 0.15) is 18.4 Å². The summed E-state index contributed by atoms with van der Waals surface area (Å²) in [6.45, 7) is 5.61. The highest BCUT2D eigenvalue weighted by Crippen LogP contribution is 2.21. The molecule has 23 heavy (non-hydrogen) atoms. The molecule has 2 aliphatic heterocycles. The number of likely N-dealkylation sites (tertiary alicyclic amines) is 1. The molecule has 1 unspecified atom stereocenters. The summed E-state index contributed by atoms with van der Waals surface area (Å²) in [5, 5.41) is 0. The Balaban J connectivity index is 0.00000192. The fourth-order valence-electron chi connectivity index (χ4n) is 3.39. The van der Waals surface area contributed by atoms with Crippen molar-refractivity contribution in [3.8, 4) is 0 Å². The van der Waals surface area contributed by atoms with Gasteiger partial charge in [-0.1, -0.05) is 12.1 Å². The lowest BCUT2D eigenvalue weighted by molar-refractivity contribution is -0.141. The van der Waals surface area contributed by atoms with E-state index in [1.165, 1.54) is 5.56 Å². The molecule has 0 aliphatic carbocycles. The molecule has 1 aromatic carbocycles. The van der Waals surface area contributed by atoms with E-state index in [4.69, 9.17) is 10.5 Å². The molecule has 0 aromatic heterocycles. The molecular formula is C17H26ClN3O2. The molecule has 0 radical (unpaired) electrons. The van der Waals surface area contributed by atoms with Crippen LogP contribution in [0.25, 0.3) is 0 Å². The van der Waals surface area contributed by atoms with Gasteiger partial charge in [-0.25, -0.2) is 0 Å². The Morgan fingerprint density at radius 1 is 1.26 bits per heavy atom. The fraction of sp³-hybridized carbons (Fsp3) is 0.588. The lowest BCUT2D eigenvalue weighted by Gasteiger charge is -2.36.